The summed E-state index contributed by atoms with van der Waals surface area (Å²) in [4.78, 5) is 16.9. The number of carbonyl (C=O) groups excluding carboxylic acids is 1. The second-order valence-electron chi connectivity index (χ2n) is 7.59. The van der Waals surface area contributed by atoms with E-state index in [0.717, 1.165) is 36.9 Å². The van der Waals surface area contributed by atoms with E-state index < -0.39 is 5.97 Å². The minimum atomic E-state index is -0.403. The molecule has 0 radical (unpaired) electrons. The molecule has 1 aliphatic carbocycles. The third kappa shape index (κ3) is 3.00. The highest BCUT2D eigenvalue weighted by Crippen LogP contribution is 2.39. The van der Waals surface area contributed by atoms with Gasteiger partial charge in [-0.25, -0.2) is 4.79 Å². The molecule has 0 unspecified atom stereocenters. The average Bonchev–Trinajstić information content (AvgIpc) is 3.35. The zero-order valence-electron chi connectivity index (χ0n) is 14.7. The molecule has 4 rings (SSSR count). The molecule has 2 saturated heterocycles. The Kier molecular flexibility index (Phi) is 4.39. The molecule has 1 saturated carbocycles. The van der Waals surface area contributed by atoms with Crippen molar-refractivity contribution in [2.75, 3.05) is 26.7 Å². The number of fused-ring (bicyclic) bond motifs is 1. The van der Waals surface area contributed by atoms with E-state index in [2.05, 4.69) is 16.7 Å². The number of esters is 1. The van der Waals surface area contributed by atoms with Crippen LogP contribution < -0.4 is 0 Å². The van der Waals surface area contributed by atoms with Crippen LogP contribution in [0, 0.1) is 5.92 Å². The predicted octanol–water partition coefficient (Wildman–Crippen LogP) is 3.08. The van der Waals surface area contributed by atoms with Crippen LogP contribution in [-0.4, -0.2) is 54.6 Å². The van der Waals surface area contributed by atoms with E-state index in [9.17, 15) is 4.79 Å². The standard InChI is InChI=1S/C19H28N2O3/c1-13(17-7-8-18(24-17)19(22)23-2)20-11-9-16-14(12-20)4-3-10-21(16)15-5-6-15/h7-8,13-16H,3-6,9-12H2,1-2H3/t13-,14-,16-/m0/s1. The number of ether oxygens (including phenoxy) is 1. The zero-order valence-corrected chi connectivity index (χ0v) is 14.7. The van der Waals surface area contributed by atoms with Gasteiger partial charge in [0.05, 0.1) is 13.2 Å². The molecule has 1 aromatic rings. The van der Waals surface area contributed by atoms with Gasteiger partial charge in [0.2, 0.25) is 5.76 Å². The van der Waals surface area contributed by atoms with Crippen molar-refractivity contribution < 1.29 is 13.9 Å². The van der Waals surface area contributed by atoms with Gasteiger partial charge in [-0.15, -0.1) is 0 Å². The van der Waals surface area contributed by atoms with Gasteiger partial charge in [0, 0.05) is 25.2 Å². The Morgan fingerprint density at radius 3 is 2.83 bits per heavy atom. The van der Waals surface area contributed by atoms with Gasteiger partial charge in [0.25, 0.3) is 0 Å². The Morgan fingerprint density at radius 2 is 2.08 bits per heavy atom. The fourth-order valence-electron chi connectivity index (χ4n) is 4.65. The van der Waals surface area contributed by atoms with Crippen LogP contribution in [0.4, 0.5) is 0 Å². The molecule has 5 nitrogen and oxygen atoms in total. The maximum atomic E-state index is 11.6. The lowest BCUT2D eigenvalue weighted by Gasteiger charge is -2.48. The summed E-state index contributed by atoms with van der Waals surface area (Å²) in [5.74, 6) is 1.54. The van der Waals surface area contributed by atoms with E-state index >= 15 is 0 Å². The van der Waals surface area contributed by atoms with Crippen LogP contribution in [0.25, 0.3) is 0 Å². The van der Waals surface area contributed by atoms with Gasteiger partial charge in [-0.3, -0.25) is 9.80 Å². The molecule has 0 N–H and O–H groups in total. The molecule has 0 bridgehead atoms. The number of hydrogen-bond acceptors (Lipinski definition) is 5. The van der Waals surface area contributed by atoms with E-state index in [4.69, 9.17) is 9.15 Å². The number of hydrogen-bond donors (Lipinski definition) is 0. The second kappa shape index (κ2) is 6.52. The van der Waals surface area contributed by atoms with Crippen LogP contribution in [0.2, 0.25) is 0 Å². The Hall–Kier alpha value is -1.33. The highest BCUT2D eigenvalue weighted by Gasteiger charge is 2.42. The van der Waals surface area contributed by atoms with Crippen molar-refractivity contribution in [2.45, 2.75) is 57.2 Å². The molecule has 5 heteroatoms. The summed E-state index contributed by atoms with van der Waals surface area (Å²) in [6.07, 6.45) is 6.77. The fourth-order valence-corrected chi connectivity index (χ4v) is 4.65. The summed E-state index contributed by atoms with van der Waals surface area (Å²) < 4.78 is 10.5. The quantitative estimate of drug-likeness (QED) is 0.793. The van der Waals surface area contributed by atoms with E-state index in [1.165, 1.54) is 45.8 Å². The first-order valence-corrected chi connectivity index (χ1v) is 9.35. The van der Waals surface area contributed by atoms with E-state index in [1.54, 1.807) is 6.07 Å². The second-order valence-corrected chi connectivity index (χ2v) is 7.59. The lowest BCUT2D eigenvalue weighted by atomic mass is 9.83. The third-order valence-corrected chi connectivity index (χ3v) is 6.13. The van der Waals surface area contributed by atoms with Crippen LogP contribution in [0.5, 0.6) is 0 Å². The first-order valence-electron chi connectivity index (χ1n) is 9.35. The minimum Gasteiger partial charge on any atom is -0.463 e. The fraction of sp³-hybridized carbons (Fsp3) is 0.737. The first-order chi connectivity index (χ1) is 11.7. The molecular formula is C19H28N2O3. The Morgan fingerprint density at radius 1 is 1.25 bits per heavy atom. The van der Waals surface area contributed by atoms with Crippen molar-refractivity contribution in [1.29, 1.82) is 0 Å². The van der Waals surface area contributed by atoms with Crippen LogP contribution >= 0.6 is 0 Å². The number of carbonyl (C=O) groups is 1. The Bertz CT molecular complexity index is 595. The first kappa shape index (κ1) is 16.2. The molecule has 24 heavy (non-hydrogen) atoms. The largest absolute Gasteiger partial charge is 0.463 e. The summed E-state index contributed by atoms with van der Waals surface area (Å²) >= 11 is 0. The zero-order chi connectivity index (χ0) is 16.7. The van der Waals surface area contributed by atoms with Gasteiger partial charge in [0.1, 0.15) is 5.76 Å². The van der Waals surface area contributed by atoms with Gasteiger partial charge in [0.15, 0.2) is 0 Å². The van der Waals surface area contributed by atoms with Crippen LogP contribution in [0.15, 0.2) is 16.5 Å². The molecule has 3 fully saturated rings. The number of rotatable bonds is 4. The van der Waals surface area contributed by atoms with Crippen molar-refractivity contribution in [1.82, 2.24) is 9.80 Å². The summed E-state index contributed by atoms with van der Waals surface area (Å²) in [7, 11) is 1.38. The van der Waals surface area contributed by atoms with E-state index in [-0.39, 0.29) is 6.04 Å². The molecule has 0 spiro atoms. The number of piperidine rings is 2. The Labute approximate surface area is 143 Å². The highest BCUT2D eigenvalue weighted by molar-refractivity contribution is 5.86. The molecule has 1 aromatic heterocycles. The molecular weight excluding hydrogens is 304 g/mol. The molecule has 0 aromatic carbocycles. The van der Waals surface area contributed by atoms with Gasteiger partial charge < -0.3 is 9.15 Å². The van der Waals surface area contributed by atoms with Gasteiger partial charge >= 0.3 is 5.97 Å². The number of likely N-dealkylation sites (tertiary alicyclic amines) is 2. The lowest BCUT2D eigenvalue weighted by molar-refractivity contribution is 0.00200. The van der Waals surface area contributed by atoms with Gasteiger partial charge in [-0.05, 0) is 63.6 Å². The van der Waals surface area contributed by atoms with Crippen molar-refractivity contribution in [3.63, 3.8) is 0 Å². The number of nitrogens with zero attached hydrogens (tertiary/aromatic N) is 2. The topological polar surface area (TPSA) is 45.9 Å². The average molecular weight is 332 g/mol. The monoisotopic (exact) mass is 332 g/mol. The van der Waals surface area contributed by atoms with Gasteiger partial charge in [-0.2, -0.15) is 0 Å². The lowest BCUT2D eigenvalue weighted by Crippen LogP contribution is -2.54. The minimum absolute atomic E-state index is 0.209. The summed E-state index contributed by atoms with van der Waals surface area (Å²) in [6.45, 7) is 5.74. The van der Waals surface area contributed by atoms with Crippen molar-refractivity contribution in [3.8, 4) is 0 Å². The van der Waals surface area contributed by atoms with Crippen LogP contribution in [-0.2, 0) is 4.74 Å². The third-order valence-electron chi connectivity index (χ3n) is 6.13. The van der Waals surface area contributed by atoms with Crippen molar-refractivity contribution >= 4 is 5.97 Å². The normalized spacial score (nSPS) is 29.9. The van der Waals surface area contributed by atoms with Crippen molar-refractivity contribution in [2.24, 2.45) is 5.92 Å². The molecule has 3 aliphatic rings. The summed E-state index contributed by atoms with van der Waals surface area (Å²) in [5, 5.41) is 0. The van der Waals surface area contributed by atoms with E-state index in [1.807, 2.05) is 6.07 Å². The SMILES string of the molecule is COC(=O)c1ccc([C@H](C)N2CC[C@H]3[C@@H](CCCN3C3CC3)C2)o1. The number of furan rings is 1. The maximum Gasteiger partial charge on any atom is 0.373 e. The summed E-state index contributed by atoms with van der Waals surface area (Å²) in [5.41, 5.74) is 0. The Balaban J connectivity index is 1.42. The van der Waals surface area contributed by atoms with Gasteiger partial charge in [-0.1, -0.05) is 0 Å². The summed E-state index contributed by atoms with van der Waals surface area (Å²) in [6, 6.07) is 5.52. The van der Waals surface area contributed by atoms with Crippen LogP contribution in [0.1, 0.15) is 61.4 Å². The van der Waals surface area contributed by atoms with E-state index in [0.29, 0.717) is 5.76 Å². The molecule has 3 atom stereocenters. The predicted molar refractivity (Wildman–Crippen MR) is 90.9 cm³/mol. The maximum absolute atomic E-state index is 11.6. The van der Waals surface area contributed by atoms with Crippen LogP contribution in [0.3, 0.4) is 0 Å². The smallest absolute Gasteiger partial charge is 0.373 e. The molecule has 132 valence electrons. The number of methoxy groups -OCH3 is 1. The molecule has 0 amide bonds. The highest BCUT2D eigenvalue weighted by atomic mass is 16.5. The molecule has 2 aliphatic heterocycles. The van der Waals surface area contributed by atoms with Crippen molar-refractivity contribution in [3.05, 3.63) is 23.7 Å². The molecule has 3 heterocycles.